The smallest absolute Gasteiger partial charge is 0.0335 e. The Labute approximate surface area is 125 Å². The van der Waals surface area contributed by atoms with Crippen molar-refractivity contribution in [3.05, 3.63) is 34.3 Å². The molecule has 0 amide bonds. The summed E-state index contributed by atoms with van der Waals surface area (Å²) >= 11 is 3.70. The van der Waals surface area contributed by atoms with Gasteiger partial charge in [-0.1, -0.05) is 48.0 Å². The zero-order chi connectivity index (χ0) is 13.8. The van der Waals surface area contributed by atoms with Crippen molar-refractivity contribution in [2.24, 2.45) is 0 Å². The van der Waals surface area contributed by atoms with Crippen molar-refractivity contribution in [2.45, 2.75) is 51.7 Å². The van der Waals surface area contributed by atoms with E-state index in [0.717, 1.165) is 13.1 Å². The molecule has 0 radical (unpaired) electrons. The highest BCUT2D eigenvalue weighted by atomic mass is 79.9. The van der Waals surface area contributed by atoms with Gasteiger partial charge in [-0.15, -0.1) is 0 Å². The molecule has 1 aliphatic rings. The second kappa shape index (κ2) is 6.87. The fourth-order valence-electron chi connectivity index (χ4n) is 3.01. The van der Waals surface area contributed by atoms with Gasteiger partial charge in [-0.3, -0.25) is 4.90 Å². The van der Waals surface area contributed by atoms with E-state index >= 15 is 0 Å². The standard InChI is InChI=1S/C16H25BrN2/c1-4-13-11-19(14(5-2)10-18-13)12(3)15-8-6-7-9-16(15)17/h6-9,12-14,18H,4-5,10-11H2,1-3H3. The van der Waals surface area contributed by atoms with Gasteiger partial charge in [0, 0.05) is 35.7 Å². The second-order valence-electron chi connectivity index (χ2n) is 5.47. The van der Waals surface area contributed by atoms with Crippen LogP contribution in [-0.2, 0) is 0 Å². The van der Waals surface area contributed by atoms with Crippen LogP contribution in [0.4, 0.5) is 0 Å². The maximum Gasteiger partial charge on any atom is 0.0335 e. The Bertz CT molecular complexity index is 407. The molecule has 3 heteroatoms. The Hall–Kier alpha value is -0.380. The molecule has 106 valence electrons. The predicted molar refractivity (Wildman–Crippen MR) is 85.4 cm³/mol. The summed E-state index contributed by atoms with van der Waals surface area (Å²) in [7, 11) is 0. The van der Waals surface area contributed by atoms with E-state index in [1.54, 1.807) is 0 Å². The van der Waals surface area contributed by atoms with Gasteiger partial charge < -0.3 is 5.32 Å². The fraction of sp³-hybridized carbons (Fsp3) is 0.625. The van der Waals surface area contributed by atoms with Gasteiger partial charge in [-0.25, -0.2) is 0 Å². The van der Waals surface area contributed by atoms with Crippen LogP contribution in [0.2, 0.25) is 0 Å². The summed E-state index contributed by atoms with van der Waals surface area (Å²) in [5.41, 5.74) is 1.40. The van der Waals surface area contributed by atoms with Gasteiger partial charge in [-0.05, 0) is 31.4 Å². The maximum atomic E-state index is 3.70. The van der Waals surface area contributed by atoms with Crippen molar-refractivity contribution in [3.8, 4) is 0 Å². The molecule has 1 aromatic carbocycles. The van der Waals surface area contributed by atoms with Crippen LogP contribution < -0.4 is 5.32 Å². The van der Waals surface area contributed by atoms with Crippen LogP contribution in [0.1, 0.15) is 45.2 Å². The minimum atomic E-state index is 0.469. The van der Waals surface area contributed by atoms with Crippen LogP contribution >= 0.6 is 15.9 Å². The molecular weight excluding hydrogens is 300 g/mol. The predicted octanol–water partition coefficient (Wildman–Crippen LogP) is 3.97. The van der Waals surface area contributed by atoms with Crippen LogP contribution in [0.25, 0.3) is 0 Å². The van der Waals surface area contributed by atoms with E-state index in [9.17, 15) is 0 Å². The van der Waals surface area contributed by atoms with Crippen molar-refractivity contribution in [1.82, 2.24) is 10.2 Å². The summed E-state index contributed by atoms with van der Waals surface area (Å²) in [6, 6.07) is 10.4. The highest BCUT2D eigenvalue weighted by Crippen LogP contribution is 2.30. The number of nitrogens with one attached hydrogen (secondary N) is 1. The van der Waals surface area contributed by atoms with Crippen molar-refractivity contribution in [1.29, 1.82) is 0 Å². The fourth-order valence-corrected chi connectivity index (χ4v) is 3.62. The number of rotatable bonds is 4. The normalized spacial score (nSPS) is 26.3. The summed E-state index contributed by atoms with van der Waals surface area (Å²) in [6.07, 6.45) is 2.41. The molecule has 1 aromatic rings. The van der Waals surface area contributed by atoms with E-state index in [2.05, 4.69) is 71.2 Å². The highest BCUT2D eigenvalue weighted by Gasteiger charge is 2.30. The molecule has 1 N–H and O–H groups in total. The first-order chi connectivity index (χ1) is 9.17. The van der Waals surface area contributed by atoms with Gasteiger partial charge >= 0.3 is 0 Å². The number of nitrogens with zero attached hydrogens (tertiary/aromatic N) is 1. The lowest BCUT2D eigenvalue weighted by molar-refractivity contribution is 0.0847. The molecule has 0 saturated carbocycles. The Balaban J connectivity index is 2.19. The molecule has 3 atom stereocenters. The number of hydrogen-bond acceptors (Lipinski definition) is 2. The molecule has 2 rings (SSSR count). The molecule has 1 saturated heterocycles. The Morgan fingerprint density at radius 2 is 2.05 bits per heavy atom. The molecule has 3 unspecified atom stereocenters. The Morgan fingerprint density at radius 3 is 2.68 bits per heavy atom. The van der Waals surface area contributed by atoms with Gasteiger partial charge in [-0.2, -0.15) is 0 Å². The lowest BCUT2D eigenvalue weighted by Gasteiger charge is -2.43. The van der Waals surface area contributed by atoms with E-state index < -0.39 is 0 Å². The van der Waals surface area contributed by atoms with Crippen LogP contribution in [0.15, 0.2) is 28.7 Å². The zero-order valence-corrected chi connectivity index (χ0v) is 13.8. The number of piperazine rings is 1. The van der Waals surface area contributed by atoms with Gasteiger partial charge in [0.15, 0.2) is 0 Å². The number of hydrogen-bond donors (Lipinski definition) is 1. The monoisotopic (exact) mass is 324 g/mol. The highest BCUT2D eigenvalue weighted by molar-refractivity contribution is 9.10. The molecule has 1 heterocycles. The molecule has 0 spiro atoms. The molecule has 0 aliphatic carbocycles. The molecule has 2 nitrogen and oxygen atoms in total. The van der Waals surface area contributed by atoms with Crippen molar-refractivity contribution in [3.63, 3.8) is 0 Å². The summed E-state index contributed by atoms with van der Waals surface area (Å²) < 4.78 is 1.23. The van der Waals surface area contributed by atoms with Crippen LogP contribution in [-0.4, -0.2) is 30.1 Å². The summed E-state index contributed by atoms with van der Waals surface area (Å²) in [6.45, 7) is 9.16. The molecule has 1 fully saturated rings. The maximum absolute atomic E-state index is 3.70. The van der Waals surface area contributed by atoms with E-state index in [1.165, 1.54) is 22.9 Å². The van der Waals surface area contributed by atoms with Crippen LogP contribution in [0, 0.1) is 0 Å². The first kappa shape index (κ1) is 15.0. The van der Waals surface area contributed by atoms with Crippen LogP contribution in [0.3, 0.4) is 0 Å². The van der Waals surface area contributed by atoms with E-state index in [4.69, 9.17) is 0 Å². The first-order valence-electron chi connectivity index (χ1n) is 7.40. The second-order valence-corrected chi connectivity index (χ2v) is 6.32. The lowest BCUT2D eigenvalue weighted by Crippen LogP contribution is -2.56. The Kier molecular flexibility index (Phi) is 5.43. The van der Waals surface area contributed by atoms with Crippen molar-refractivity contribution < 1.29 is 0 Å². The third-order valence-electron chi connectivity index (χ3n) is 4.36. The first-order valence-corrected chi connectivity index (χ1v) is 8.20. The molecule has 0 bridgehead atoms. The van der Waals surface area contributed by atoms with E-state index in [1.807, 2.05) is 0 Å². The third-order valence-corrected chi connectivity index (χ3v) is 5.08. The largest absolute Gasteiger partial charge is 0.311 e. The molecule has 0 aromatic heterocycles. The average molecular weight is 325 g/mol. The minimum absolute atomic E-state index is 0.469. The van der Waals surface area contributed by atoms with Gasteiger partial charge in [0.05, 0.1) is 0 Å². The van der Waals surface area contributed by atoms with E-state index in [-0.39, 0.29) is 0 Å². The van der Waals surface area contributed by atoms with Crippen molar-refractivity contribution >= 4 is 15.9 Å². The summed E-state index contributed by atoms with van der Waals surface area (Å²) in [5.74, 6) is 0. The van der Waals surface area contributed by atoms with Crippen molar-refractivity contribution in [2.75, 3.05) is 13.1 Å². The number of benzene rings is 1. The zero-order valence-electron chi connectivity index (χ0n) is 12.2. The SMILES string of the molecule is CCC1CN(C(C)c2ccccc2Br)C(CC)CN1. The molecular formula is C16H25BrN2. The van der Waals surface area contributed by atoms with Gasteiger partial charge in [0.1, 0.15) is 0 Å². The minimum Gasteiger partial charge on any atom is -0.311 e. The summed E-state index contributed by atoms with van der Waals surface area (Å²) in [4.78, 5) is 2.67. The lowest BCUT2D eigenvalue weighted by atomic mass is 9.99. The van der Waals surface area contributed by atoms with Gasteiger partial charge in [0.2, 0.25) is 0 Å². The summed E-state index contributed by atoms with van der Waals surface area (Å²) in [5, 5.41) is 3.67. The van der Waals surface area contributed by atoms with Crippen LogP contribution in [0.5, 0.6) is 0 Å². The third kappa shape index (κ3) is 3.39. The topological polar surface area (TPSA) is 15.3 Å². The quantitative estimate of drug-likeness (QED) is 0.901. The Morgan fingerprint density at radius 1 is 1.32 bits per heavy atom. The van der Waals surface area contributed by atoms with Gasteiger partial charge in [0.25, 0.3) is 0 Å². The number of halogens is 1. The molecule has 19 heavy (non-hydrogen) atoms. The van der Waals surface area contributed by atoms with E-state index in [0.29, 0.717) is 18.1 Å². The molecule has 1 aliphatic heterocycles. The average Bonchev–Trinajstić information content (AvgIpc) is 2.46.